The highest BCUT2D eigenvalue weighted by Gasteiger charge is 2.34. The highest BCUT2D eigenvalue weighted by molar-refractivity contribution is 7.07. The summed E-state index contributed by atoms with van der Waals surface area (Å²) in [4.78, 5) is 31.8. The van der Waals surface area contributed by atoms with E-state index < -0.39 is 12.0 Å². The number of fused-ring (bicyclic) bond motifs is 1. The number of carbonyl (C=O) groups is 1. The molecule has 1 aromatic heterocycles. The Morgan fingerprint density at radius 1 is 1.16 bits per heavy atom. The molecule has 0 aliphatic carbocycles. The van der Waals surface area contributed by atoms with Crippen molar-refractivity contribution in [2.75, 3.05) is 19.8 Å². The summed E-state index contributed by atoms with van der Waals surface area (Å²) in [6.07, 6.45) is 3.43. The zero-order chi connectivity index (χ0) is 26.5. The van der Waals surface area contributed by atoms with Crippen molar-refractivity contribution in [2.24, 2.45) is 4.99 Å². The van der Waals surface area contributed by atoms with Gasteiger partial charge in [0, 0.05) is 5.02 Å². The normalized spacial score (nSPS) is 15.1. The fraction of sp³-hybridized carbons (Fsp3) is 0.250. The van der Waals surface area contributed by atoms with Gasteiger partial charge in [0.05, 0.1) is 29.0 Å². The van der Waals surface area contributed by atoms with Gasteiger partial charge in [-0.1, -0.05) is 59.9 Å². The number of rotatable bonds is 9. The highest BCUT2D eigenvalue weighted by atomic mass is 35.5. The number of ether oxygens (including phenoxy) is 3. The van der Waals surface area contributed by atoms with Gasteiger partial charge in [0.1, 0.15) is 12.6 Å². The van der Waals surface area contributed by atoms with Crippen molar-refractivity contribution in [3.63, 3.8) is 0 Å². The summed E-state index contributed by atoms with van der Waals surface area (Å²) in [6, 6.07) is 11.9. The molecule has 0 N–H and O–H groups in total. The van der Waals surface area contributed by atoms with Crippen molar-refractivity contribution in [2.45, 2.75) is 26.8 Å². The summed E-state index contributed by atoms with van der Waals surface area (Å²) in [6.45, 7) is 10.0. The summed E-state index contributed by atoms with van der Waals surface area (Å²) >= 11 is 7.79. The van der Waals surface area contributed by atoms with Crippen LogP contribution in [-0.2, 0) is 9.53 Å². The summed E-state index contributed by atoms with van der Waals surface area (Å²) in [5.41, 5.74) is 1.87. The average Bonchev–Trinajstić information content (AvgIpc) is 3.17. The maximum absolute atomic E-state index is 13.8. The minimum Gasteiger partial charge on any atom is -0.490 e. The van der Waals surface area contributed by atoms with Crippen LogP contribution in [0.2, 0.25) is 5.02 Å². The molecule has 0 unspecified atom stereocenters. The third kappa shape index (κ3) is 5.40. The Bertz CT molecular complexity index is 1550. The van der Waals surface area contributed by atoms with E-state index in [9.17, 15) is 9.59 Å². The Morgan fingerprint density at radius 3 is 2.65 bits per heavy atom. The van der Waals surface area contributed by atoms with Crippen LogP contribution >= 0.6 is 22.9 Å². The zero-order valence-electron chi connectivity index (χ0n) is 20.8. The fourth-order valence-electron chi connectivity index (χ4n) is 4.08. The predicted molar refractivity (Wildman–Crippen MR) is 145 cm³/mol. The summed E-state index contributed by atoms with van der Waals surface area (Å²) in [5, 5.41) is 0.440. The molecule has 1 atom stereocenters. The Morgan fingerprint density at radius 2 is 1.95 bits per heavy atom. The van der Waals surface area contributed by atoms with Crippen LogP contribution in [0.3, 0.4) is 0 Å². The molecule has 192 valence electrons. The van der Waals surface area contributed by atoms with E-state index in [0.717, 1.165) is 5.56 Å². The van der Waals surface area contributed by atoms with Gasteiger partial charge in [0.15, 0.2) is 16.3 Å². The van der Waals surface area contributed by atoms with Crippen LogP contribution < -0.4 is 24.4 Å². The van der Waals surface area contributed by atoms with Crippen LogP contribution in [-0.4, -0.2) is 30.4 Å². The molecule has 0 bridgehead atoms. The number of carbonyl (C=O) groups excluding carboxylic acids is 1. The van der Waals surface area contributed by atoms with Gasteiger partial charge in [-0.3, -0.25) is 9.36 Å². The van der Waals surface area contributed by atoms with E-state index in [1.807, 2.05) is 25.1 Å². The van der Waals surface area contributed by atoms with E-state index in [1.165, 1.54) is 15.9 Å². The van der Waals surface area contributed by atoms with Gasteiger partial charge in [0.2, 0.25) is 0 Å². The van der Waals surface area contributed by atoms with Gasteiger partial charge in [-0.25, -0.2) is 9.79 Å². The number of hydrogen-bond donors (Lipinski definition) is 0. The number of halogens is 1. The molecule has 4 rings (SSSR count). The van der Waals surface area contributed by atoms with Crippen LogP contribution in [0.4, 0.5) is 0 Å². The second-order valence-electron chi connectivity index (χ2n) is 8.06. The van der Waals surface area contributed by atoms with Crippen LogP contribution in [0.15, 0.2) is 76.2 Å². The molecule has 0 fully saturated rings. The molecular formula is C28H27ClN2O5S. The number of thiazole rings is 1. The maximum Gasteiger partial charge on any atom is 0.338 e. The molecule has 7 nitrogen and oxygen atoms in total. The van der Waals surface area contributed by atoms with Gasteiger partial charge in [-0.2, -0.15) is 0 Å². The molecule has 1 aliphatic rings. The molecule has 0 amide bonds. The van der Waals surface area contributed by atoms with Crippen LogP contribution in [0.25, 0.3) is 6.08 Å². The van der Waals surface area contributed by atoms with Gasteiger partial charge in [0.25, 0.3) is 5.56 Å². The van der Waals surface area contributed by atoms with Gasteiger partial charge < -0.3 is 14.2 Å². The van der Waals surface area contributed by atoms with E-state index in [4.69, 9.17) is 25.8 Å². The number of nitrogens with zero attached hydrogens (tertiary/aromatic N) is 2. The first-order valence-corrected chi connectivity index (χ1v) is 13.0. The van der Waals surface area contributed by atoms with Crippen LogP contribution in [0.1, 0.15) is 37.9 Å². The molecular weight excluding hydrogens is 512 g/mol. The summed E-state index contributed by atoms with van der Waals surface area (Å²) < 4.78 is 18.7. The standard InChI is InChI=1S/C28H27ClN2O5S/c1-5-14-36-21-13-12-18(15-22(21)34-6-2)16-23-26(32)31-25(19-10-8-9-11-20(19)29)24(27(33)35-7-3)17(4)30-28(31)37-23/h5,8-13,15-16,25H,1,6-7,14H2,2-4H3/b23-16-/t25-/m1/s1. The number of hydrogen-bond acceptors (Lipinski definition) is 7. The van der Waals surface area contributed by atoms with Crippen LogP contribution in [0.5, 0.6) is 11.5 Å². The first-order valence-electron chi connectivity index (χ1n) is 11.8. The first-order chi connectivity index (χ1) is 17.9. The lowest BCUT2D eigenvalue weighted by atomic mass is 9.96. The smallest absolute Gasteiger partial charge is 0.338 e. The zero-order valence-corrected chi connectivity index (χ0v) is 22.4. The lowest BCUT2D eigenvalue weighted by molar-refractivity contribution is -0.139. The minimum absolute atomic E-state index is 0.198. The van der Waals surface area contributed by atoms with Gasteiger partial charge in [-0.05, 0) is 56.2 Å². The molecule has 0 saturated heterocycles. The fourth-order valence-corrected chi connectivity index (χ4v) is 5.37. The second-order valence-corrected chi connectivity index (χ2v) is 9.48. The van der Waals surface area contributed by atoms with Crippen molar-refractivity contribution in [3.05, 3.63) is 102 Å². The third-order valence-electron chi connectivity index (χ3n) is 5.64. The van der Waals surface area contributed by atoms with Crippen molar-refractivity contribution >= 4 is 35.0 Å². The third-order valence-corrected chi connectivity index (χ3v) is 6.97. The van der Waals surface area contributed by atoms with Gasteiger partial charge >= 0.3 is 5.97 Å². The van der Waals surface area contributed by atoms with Crippen molar-refractivity contribution in [1.82, 2.24) is 4.57 Å². The maximum atomic E-state index is 13.8. The van der Waals surface area contributed by atoms with E-state index in [0.29, 0.717) is 50.3 Å². The number of benzene rings is 2. The summed E-state index contributed by atoms with van der Waals surface area (Å²) in [7, 11) is 0. The number of allylic oxidation sites excluding steroid dienone is 1. The first kappa shape index (κ1) is 26.4. The molecule has 0 spiro atoms. The van der Waals surface area contributed by atoms with Crippen molar-refractivity contribution in [3.8, 4) is 11.5 Å². The Hall–Kier alpha value is -3.62. The molecule has 9 heteroatoms. The molecule has 0 radical (unpaired) electrons. The monoisotopic (exact) mass is 538 g/mol. The number of esters is 1. The van der Waals surface area contributed by atoms with E-state index >= 15 is 0 Å². The molecule has 1 aliphatic heterocycles. The minimum atomic E-state index is -0.764. The Balaban J connectivity index is 1.89. The predicted octanol–water partition coefficient (Wildman–Crippen LogP) is 4.42. The highest BCUT2D eigenvalue weighted by Crippen LogP contribution is 2.34. The van der Waals surface area contributed by atoms with E-state index in [-0.39, 0.29) is 17.7 Å². The molecule has 37 heavy (non-hydrogen) atoms. The SMILES string of the molecule is C=CCOc1ccc(/C=c2\sc3n(c2=O)[C@H](c2ccccc2Cl)C(C(=O)OCC)=C(C)N=3)cc1OCC. The summed E-state index contributed by atoms with van der Waals surface area (Å²) in [5.74, 6) is 0.633. The largest absolute Gasteiger partial charge is 0.490 e. The van der Waals surface area contributed by atoms with Crippen LogP contribution in [0, 0.1) is 0 Å². The Labute approximate surface area is 223 Å². The van der Waals surface area contributed by atoms with E-state index in [1.54, 1.807) is 50.3 Å². The Kier molecular flexibility index (Phi) is 8.31. The van der Waals surface area contributed by atoms with Gasteiger partial charge in [-0.15, -0.1) is 0 Å². The molecule has 2 heterocycles. The second kappa shape index (κ2) is 11.6. The van der Waals surface area contributed by atoms with Crippen molar-refractivity contribution in [1.29, 1.82) is 0 Å². The number of aromatic nitrogens is 1. The quantitative estimate of drug-likeness (QED) is 0.298. The molecule has 2 aromatic carbocycles. The average molecular weight is 539 g/mol. The molecule has 0 saturated carbocycles. The van der Waals surface area contributed by atoms with E-state index in [2.05, 4.69) is 11.6 Å². The van der Waals surface area contributed by atoms with Crippen molar-refractivity contribution < 1.29 is 19.0 Å². The lowest BCUT2D eigenvalue weighted by Gasteiger charge is -2.25. The lowest BCUT2D eigenvalue weighted by Crippen LogP contribution is -2.40. The molecule has 3 aromatic rings. The topological polar surface area (TPSA) is 79.1 Å².